The number of benzene rings is 1. The summed E-state index contributed by atoms with van der Waals surface area (Å²) < 4.78 is 11.0. The number of nitrogens with one attached hydrogen (secondary N) is 1. The number of carbonyl (C=O) groups excluding carboxylic acids is 1. The van der Waals surface area contributed by atoms with E-state index in [4.69, 9.17) is 9.47 Å². The molecule has 1 aliphatic rings. The summed E-state index contributed by atoms with van der Waals surface area (Å²) in [5.41, 5.74) is 0.700. The number of methoxy groups -OCH3 is 1. The van der Waals surface area contributed by atoms with Gasteiger partial charge in [0.2, 0.25) is 5.91 Å². The van der Waals surface area contributed by atoms with E-state index in [1.165, 1.54) is 0 Å². The van der Waals surface area contributed by atoms with Crippen LogP contribution < -0.4 is 10.1 Å². The van der Waals surface area contributed by atoms with Crippen LogP contribution in [0, 0.1) is 0 Å². The van der Waals surface area contributed by atoms with Gasteiger partial charge >= 0.3 is 0 Å². The number of anilines is 1. The van der Waals surface area contributed by atoms with E-state index in [0.717, 1.165) is 13.1 Å². The summed E-state index contributed by atoms with van der Waals surface area (Å²) in [7, 11) is 1.60. The monoisotopic (exact) mass is 292 g/mol. The van der Waals surface area contributed by atoms with Gasteiger partial charge in [0.1, 0.15) is 5.75 Å². The van der Waals surface area contributed by atoms with Crippen LogP contribution in [0.5, 0.6) is 5.75 Å². The predicted octanol–water partition coefficient (Wildman–Crippen LogP) is 2.13. The smallest absolute Gasteiger partial charge is 0.241 e. The maximum atomic E-state index is 12.4. The summed E-state index contributed by atoms with van der Waals surface area (Å²) in [6.45, 7) is 7.53. The van der Waals surface area contributed by atoms with Gasteiger partial charge in [0.15, 0.2) is 0 Å². The summed E-state index contributed by atoms with van der Waals surface area (Å²) in [5, 5.41) is 2.94. The predicted molar refractivity (Wildman–Crippen MR) is 82.7 cm³/mol. The number of para-hydroxylation sites is 2. The quantitative estimate of drug-likeness (QED) is 0.923. The molecule has 1 saturated heterocycles. The zero-order valence-electron chi connectivity index (χ0n) is 13.1. The molecular formula is C16H24N2O3. The van der Waals surface area contributed by atoms with Crippen LogP contribution in [0.25, 0.3) is 0 Å². The third-order valence-electron chi connectivity index (χ3n) is 3.74. The number of hydrogen-bond donors (Lipinski definition) is 1. The van der Waals surface area contributed by atoms with Gasteiger partial charge in [-0.2, -0.15) is 0 Å². The van der Waals surface area contributed by atoms with E-state index in [1.54, 1.807) is 7.11 Å². The van der Waals surface area contributed by atoms with Crippen molar-refractivity contribution in [2.45, 2.75) is 39.0 Å². The lowest BCUT2D eigenvalue weighted by molar-refractivity contribution is -0.126. The topological polar surface area (TPSA) is 50.8 Å². The first-order valence-corrected chi connectivity index (χ1v) is 7.34. The molecule has 1 amide bonds. The normalized spacial score (nSPS) is 24.4. The van der Waals surface area contributed by atoms with Crippen molar-refractivity contribution in [1.29, 1.82) is 0 Å². The molecule has 2 rings (SSSR count). The minimum absolute atomic E-state index is 0.0270. The van der Waals surface area contributed by atoms with Crippen molar-refractivity contribution < 1.29 is 14.3 Å². The highest BCUT2D eigenvalue weighted by molar-refractivity contribution is 5.95. The first kappa shape index (κ1) is 15.8. The molecule has 1 aromatic carbocycles. The number of amides is 1. The minimum Gasteiger partial charge on any atom is -0.495 e. The lowest BCUT2D eigenvalue weighted by Gasteiger charge is -2.38. The van der Waals surface area contributed by atoms with E-state index >= 15 is 0 Å². The second-order valence-electron chi connectivity index (χ2n) is 5.58. The molecule has 1 aliphatic heterocycles. The Labute approximate surface area is 126 Å². The third kappa shape index (κ3) is 3.95. The number of hydrogen-bond acceptors (Lipinski definition) is 4. The fraction of sp³-hybridized carbons (Fsp3) is 0.562. The van der Waals surface area contributed by atoms with Crippen molar-refractivity contribution in [2.24, 2.45) is 0 Å². The van der Waals surface area contributed by atoms with Crippen LogP contribution >= 0.6 is 0 Å². The van der Waals surface area contributed by atoms with E-state index in [2.05, 4.69) is 10.2 Å². The first-order valence-electron chi connectivity index (χ1n) is 7.34. The second kappa shape index (κ2) is 6.91. The Balaban J connectivity index is 2.02. The van der Waals surface area contributed by atoms with E-state index < -0.39 is 0 Å². The van der Waals surface area contributed by atoms with E-state index in [9.17, 15) is 4.79 Å². The molecule has 5 heteroatoms. The highest BCUT2D eigenvalue weighted by Gasteiger charge is 2.29. The number of nitrogens with zero attached hydrogens (tertiary/aromatic N) is 1. The maximum Gasteiger partial charge on any atom is 0.241 e. The van der Waals surface area contributed by atoms with Gasteiger partial charge in [-0.3, -0.25) is 9.69 Å². The molecule has 21 heavy (non-hydrogen) atoms. The molecule has 0 aliphatic carbocycles. The van der Waals surface area contributed by atoms with Gasteiger partial charge in [0, 0.05) is 13.1 Å². The van der Waals surface area contributed by atoms with Crippen molar-refractivity contribution in [3.05, 3.63) is 24.3 Å². The van der Waals surface area contributed by atoms with E-state index in [1.807, 2.05) is 45.0 Å². The Bertz CT molecular complexity index is 482. The van der Waals surface area contributed by atoms with E-state index in [-0.39, 0.29) is 24.2 Å². The summed E-state index contributed by atoms with van der Waals surface area (Å²) in [6.07, 6.45) is 0.297. The molecule has 1 fully saturated rings. The van der Waals surface area contributed by atoms with Crippen LogP contribution in [0.3, 0.4) is 0 Å². The average Bonchev–Trinajstić information content (AvgIpc) is 2.46. The SMILES string of the molecule is COc1ccccc1NC(=O)[C@H](C)N1C[C@@H](C)O[C@H](C)C1. The fourth-order valence-corrected chi connectivity index (χ4v) is 2.68. The van der Waals surface area contributed by atoms with Crippen molar-refractivity contribution in [3.8, 4) is 5.75 Å². The number of ether oxygens (including phenoxy) is 2. The fourth-order valence-electron chi connectivity index (χ4n) is 2.68. The Kier molecular flexibility index (Phi) is 5.20. The first-order chi connectivity index (χ1) is 10.0. The van der Waals surface area contributed by atoms with Crippen molar-refractivity contribution >= 4 is 11.6 Å². The van der Waals surface area contributed by atoms with E-state index in [0.29, 0.717) is 11.4 Å². The Hall–Kier alpha value is -1.59. The molecule has 1 aromatic rings. The highest BCUT2D eigenvalue weighted by Crippen LogP contribution is 2.23. The molecule has 3 atom stereocenters. The van der Waals surface area contributed by atoms with Gasteiger partial charge < -0.3 is 14.8 Å². The summed E-state index contributed by atoms with van der Waals surface area (Å²) in [4.78, 5) is 14.6. The van der Waals surface area contributed by atoms with Gasteiger partial charge in [0.25, 0.3) is 0 Å². The summed E-state index contributed by atoms with van der Waals surface area (Å²) in [5.74, 6) is 0.641. The van der Waals surface area contributed by atoms with Gasteiger partial charge in [-0.25, -0.2) is 0 Å². The zero-order valence-corrected chi connectivity index (χ0v) is 13.1. The number of morpholine rings is 1. The van der Waals surface area contributed by atoms with Crippen molar-refractivity contribution in [1.82, 2.24) is 4.90 Å². The molecule has 0 unspecified atom stereocenters. The second-order valence-corrected chi connectivity index (χ2v) is 5.58. The lowest BCUT2D eigenvalue weighted by Crippen LogP contribution is -2.52. The third-order valence-corrected chi connectivity index (χ3v) is 3.74. The maximum absolute atomic E-state index is 12.4. The molecule has 0 spiro atoms. The molecule has 0 saturated carbocycles. The van der Waals surface area contributed by atoms with Crippen LogP contribution in [-0.4, -0.2) is 49.3 Å². The largest absolute Gasteiger partial charge is 0.495 e. The molecule has 0 radical (unpaired) electrons. The molecule has 0 bridgehead atoms. The van der Waals surface area contributed by atoms with Crippen LogP contribution in [-0.2, 0) is 9.53 Å². The lowest BCUT2D eigenvalue weighted by atomic mass is 10.1. The van der Waals surface area contributed by atoms with Crippen molar-refractivity contribution in [2.75, 3.05) is 25.5 Å². The van der Waals surface area contributed by atoms with Gasteiger partial charge in [-0.15, -0.1) is 0 Å². The molecule has 5 nitrogen and oxygen atoms in total. The standard InChI is InChI=1S/C16H24N2O3/c1-11-9-18(10-12(2)21-11)13(3)16(19)17-14-7-5-6-8-15(14)20-4/h5-8,11-13H,9-10H2,1-4H3,(H,17,19)/t11-,12-,13+/m1/s1. The molecule has 1 heterocycles. The van der Waals surface area contributed by atoms with Gasteiger partial charge in [-0.05, 0) is 32.9 Å². The van der Waals surface area contributed by atoms with Crippen LogP contribution in [0.1, 0.15) is 20.8 Å². The molecule has 116 valence electrons. The molecule has 0 aromatic heterocycles. The Morgan fingerprint density at radius 1 is 1.33 bits per heavy atom. The number of rotatable bonds is 4. The summed E-state index contributed by atoms with van der Waals surface area (Å²) >= 11 is 0. The highest BCUT2D eigenvalue weighted by atomic mass is 16.5. The summed E-state index contributed by atoms with van der Waals surface area (Å²) in [6, 6.07) is 7.22. The van der Waals surface area contributed by atoms with Crippen LogP contribution in [0.2, 0.25) is 0 Å². The Morgan fingerprint density at radius 3 is 2.57 bits per heavy atom. The number of carbonyl (C=O) groups is 1. The molecular weight excluding hydrogens is 268 g/mol. The van der Waals surface area contributed by atoms with Gasteiger partial charge in [-0.1, -0.05) is 12.1 Å². The van der Waals surface area contributed by atoms with Crippen LogP contribution in [0.4, 0.5) is 5.69 Å². The Morgan fingerprint density at radius 2 is 1.95 bits per heavy atom. The molecule has 1 N–H and O–H groups in total. The van der Waals surface area contributed by atoms with Gasteiger partial charge in [0.05, 0.1) is 31.0 Å². The zero-order chi connectivity index (χ0) is 15.4. The van der Waals surface area contributed by atoms with Crippen LogP contribution in [0.15, 0.2) is 24.3 Å². The average molecular weight is 292 g/mol. The minimum atomic E-state index is -0.205. The van der Waals surface area contributed by atoms with Crippen molar-refractivity contribution in [3.63, 3.8) is 0 Å².